The molecule has 0 atom stereocenters. The van der Waals surface area contributed by atoms with E-state index < -0.39 is 0 Å². The maximum absolute atomic E-state index is 12.8. The lowest BCUT2D eigenvalue weighted by atomic mass is 10.2. The Kier molecular flexibility index (Phi) is 10.2. The second kappa shape index (κ2) is 12.3. The number of thiocarbonyl (C=S) groups is 1. The van der Waals surface area contributed by atoms with E-state index in [9.17, 15) is 9.59 Å². The third kappa shape index (κ3) is 7.42. The minimum Gasteiger partial charge on any atom is -0.493 e. The zero-order valence-corrected chi connectivity index (χ0v) is 20.0. The summed E-state index contributed by atoms with van der Waals surface area (Å²) in [6, 6.07) is 5.74. The number of carbonyl (C=O) groups is 2. The van der Waals surface area contributed by atoms with Crippen LogP contribution in [0.4, 0.5) is 0 Å². The molecular weight excluding hydrogens is 474 g/mol. The van der Waals surface area contributed by atoms with Crippen LogP contribution >= 0.6 is 39.9 Å². The van der Waals surface area contributed by atoms with Gasteiger partial charge in [-0.3, -0.25) is 14.5 Å². The molecule has 0 spiro atoms. The van der Waals surface area contributed by atoms with Gasteiger partial charge in [-0.25, -0.2) is 0 Å². The third-order valence-electron chi connectivity index (χ3n) is 4.12. The van der Waals surface area contributed by atoms with Crippen molar-refractivity contribution in [3.63, 3.8) is 0 Å². The van der Waals surface area contributed by atoms with Crippen LogP contribution < -0.4 is 4.74 Å². The van der Waals surface area contributed by atoms with Gasteiger partial charge in [-0.15, -0.1) is 0 Å². The number of ether oxygens (including phenoxy) is 2. The van der Waals surface area contributed by atoms with E-state index >= 15 is 0 Å². The smallest absolute Gasteiger partial charge is 0.305 e. The van der Waals surface area contributed by atoms with Gasteiger partial charge in [0.15, 0.2) is 0 Å². The van der Waals surface area contributed by atoms with Crippen molar-refractivity contribution >= 4 is 62.2 Å². The van der Waals surface area contributed by atoms with Gasteiger partial charge in [0.1, 0.15) is 10.1 Å². The Bertz CT molecular complexity index is 782. The topological polar surface area (TPSA) is 55.8 Å². The lowest BCUT2D eigenvalue weighted by Gasteiger charge is -2.14. The highest BCUT2D eigenvalue weighted by molar-refractivity contribution is 9.10. The molecule has 1 saturated heterocycles. The number of hydrogen-bond acceptors (Lipinski definition) is 6. The first kappa shape index (κ1) is 23.9. The number of unbranched alkanes of at least 4 members (excludes halogenated alkanes) is 1. The number of amides is 1. The molecule has 1 aromatic rings. The first-order valence-electron chi connectivity index (χ1n) is 9.79. The molecule has 158 valence electrons. The Hall–Kier alpha value is -1.38. The molecule has 2 rings (SSSR count). The molecule has 1 fully saturated rings. The average molecular weight is 500 g/mol. The predicted molar refractivity (Wildman–Crippen MR) is 125 cm³/mol. The minimum atomic E-state index is -0.240. The van der Waals surface area contributed by atoms with Crippen LogP contribution in [-0.4, -0.2) is 40.9 Å². The van der Waals surface area contributed by atoms with Crippen LogP contribution in [0.25, 0.3) is 6.08 Å². The van der Waals surface area contributed by atoms with Gasteiger partial charge in [-0.1, -0.05) is 60.2 Å². The molecule has 1 amide bonds. The number of rotatable bonds is 11. The largest absolute Gasteiger partial charge is 0.493 e. The van der Waals surface area contributed by atoms with Crippen LogP contribution in [0.3, 0.4) is 0 Å². The van der Waals surface area contributed by atoms with Crippen LogP contribution in [0.2, 0.25) is 0 Å². The summed E-state index contributed by atoms with van der Waals surface area (Å²) in [4.78, 5) is 26.5. The minimum absolute atomic E-state index is 0.138. The fourth-order valence-electron chi connectivity index (χ4n) is 2.59. The fourth-order valence-corrected chi connectivity index (χ4v) is 4.27. The predicted octanol–water partition coefficient (Wildman–Crippen LogP) is 5.56. The summed E-state index contributed by atoms with van der Waals surface area (Å²) < 4.78 is 12.4. The maximum Gasteiger partial charge on any atom is 0.305 e. The Morgan fingerprint density at radius 2 is 2.03 bits per heavy atom. The van der Waals surface area contributed by atoms with E-state index in [1.165, 1.54) is 11.8 Å². The molecule has 29 heavy (non-hydrogen) atoms. The zero-order chi connectivity index (χ0) is 21.2. The maximum atomic E-state index is 12.8. The molecule has 1 aliphatic heterocycles. The third-order valence-corrected chi connectivity index (χ3v) is 5.99. The molecule has 0 aromatic heterocycles. The molecule has 0 saturated carbocycles. The highest BCUT2D eigenvalue weighted by Crippen LogP contribution is 2.35. The lowest BCUT2D eigenvalue weighted by molar-refractivity contribution is -0.144. The van der Waals surface area contributed by atoms with E-state index in [1.807, 2.05) is 31.2 Å². The summed E-state index contributed by atoms with van der Waals surface area (Å²) in [6.45, 7) is 5.53. The summed E-state index contributed by atoms with van der Waals surface area (Å²) in [7, 11) is 0. The molecular formula is C21H26BrNO4S2. The number of hydrogen-bond donors (Lipinski definition) is 0. The molecule has 8 heteroatoms. The summed E-state index contributed by atoms with van der Waals surface area (Å²) in [6.07, 6.45) is 5.43. The Morgan fingerprint density at radius 1 is 1.24 bits per heavy atom. The number of halogens is 1. The first-order valence-corrected chi connectivity index (χ1v) is 11.8. The zero-order valence-electron chi connectivity index (χ0n) is 16.7. The van der Waals surface area contributed by atoms with Crippen molar-refractivity contribution in [1.82, 2.24) is 4.90 Å². The van der Waals surface area contributed by atoms with E-state index in [0.717, 1.165) is 35.0 Å². The van der Waals surface area contributed by atoms with Crippen molar-refractivity contribution in [1.29, 1.82) is 0 Å². The number of carbonyl (C=O) groups excluding carboxylic acids is 2. The van der Waals surface area contributed by atoms with Crippen molar-refractivity contribution in [2.24, 2.45) is 0 Å². The molecule has 0 N–H and O–H groups in total. The average Bonchev–Trinajstić information content (AvgIpc) is 2.95. The summed E-state index contributed by atoms with van der Waals surface area (Å²) in [5, 5.41) is 0. The fraction of sp³-hybridized carbons (Fsp3) is 0.476. The molecule has 1 aliphatic rings. The van der Waals surface area contributed by atoms with E-state index in [2.05, 4.69) is 22.9 Å². The van der Waals surface area contributed by atoms with Crippen molar-refractivity contribution in [3.8, 4) is 5.75 Å². The number of nitrogens with zero attached hydrogens (tertiary/aromatic N) is 1. The van der Waals surface area contributed by atoms with Crippen LogP contribution in [0.15, 0.2) is 27.6 Å². The molecule has 1 aromatic carbocycles. The van der Waals surface area contributed by atoms with Gasteiger partial charge in [-0.2, -0.15) is 0 Å². The van der Waals surface area contributed by atoms with Gasteiger partial charge in [0.05, 0.1) is 18.1 Å². The first-order chi connectivity index (χ1) is 14.0. The van der Waals surface area contributed by atoms with Gasteiger partial charge in [0.25, 0.3) is 5.91 Å². The van der Waals surface area contributed by atoms with Gasteiger partial charge in [0, 0.05) is 23.0 Å². The van der Waals surface area contributed by atoms with Crippen molar-refractivity contribution < 1.29 is 19.1 Å². The van der Waals surface area contributed by atoms with Gasteiger partial charge < -0.3 is 9.47 Å². The van der Waals surface area contributed by atoms with E-state index in [1.54, 1.807) is 4.90 Å². The Morgan fingerprint density at radius 3 is 2.76 bits per heavy atom. The Balaban J connectivity index is 2.04. The highest BCUT2D eigenvalue weighted by atomic mass is 79.9. The van der Waals surface area contributed by atoms with Crippen LogP contribution in [-0.2, 0) is 14.3 Å². The Labute approximate surface area is 190 Å². The summed E-state index contributed by atoms with van der Waals surface area (Å²) in [5.74, 6) is 0.364. The molecule has 0 aliphatic carbocycles. The second-order valence-corrected chi connectivity index (χ2v) is 9.13. The van der Waals surface area contributed by atoms with Crippen molar-refractivity contribution in [2.75, 3.05) is 19.8 Å². The molecule has 5 nitrogen and oxygen atoms in total. The highest BCUT2D eigenvalue weighted by Gasteiger charge is 2.32. The van der Waals surface area contributed by atoms with Crippen molar-refractivity contribution in [2.45, 2.75) is 46.0 Å². The standard InChI is InChI=1S/C21H26BrNO4S2/c1-3-5-12-26-17-9-8-16(22)13-15(17)14-18-20(25)23(21(28)29-18)10-6-7-19(24)27-11-4-2/h8-9,13-14H,3-7,10-12H2,1-2H3/b18-14+. The molecule has 0 bridgehead atoms. The second-order valence-electron chi connectivity index (χ2n) is 6.54. The van der Waals surface area contributed by atoms with Crippen molar-refractivity contribution in [3.05, 3.63) is 33.1 Å². The van der Waals surface area contributed by atoms with E-state index in [-0.39, 0.29) is 18.3 Å². The number of benzene rings is 1. The van der Waals surface area contributed by atoms with E-state index in [4.69, 9.17) is 21.7 Å². The lowest BCUT2D eigenvalue weighted by Crippen LogP contribution is -2.29. The summed E-state index contributed by atoms with van der Waals surface area (Å²) in [5.41, 5.74) is 0.833. The SMILES string of the molecule is CCCCOc1ccc(Br)cc1/C=C1/SC(=S)N(CCCC(=O)OCCC)C1=O. The number of thioether (sulfide) groups is 1. The molecule has 0 radical (unpaired) electrons. The quantitative estimate of drug-likeness (QED) is 0.172. The number of esters is 1. The van der Waals surface area contributed by atoms with Crippen LogP contribution in [0.5, 0.6) is 5.75 Å². The molecule has 0 unspecified atom stereocenters. The van der Waals surface area contributed by atoms with Crippen LogP contribution in [0.1, 0.15) is 51.5 Å². The van der Waals surface area contributed by atoms with Gasteiger partial charge in [-0.05, 0) is 43.5 Å². The monoisotopic (exact) mass is 499 g/mol. The van der Waals surface area contributed by atoms with Crippen LogP contribution in [0, 0.1) is 0 Å². The summed E-state index contributed by atoms with van der Waals surface area (Å²) >= 11 is 10.1. The van der Waals surface area contributed by atoms with Gasteiger partial charge in [0.2, 0.25) is 0 Å². The normalized spacial score (nSPS) is 15.3. The van der Waals surface area contributed by atoms with Gasteiger partial charge >= 0.3 is 5.97 Å². The molecule has 1 heterocycles. The van der Waals surface area contributed by atoms with E-state index in [0.29, 0.717) is 35.4 Å².